The van der Waals surface area contributed by atoms with Gasteiger partial charge in [0.25, 0.3) is 11.8 Å². The second kappa shape index (κ2) is 12.0. The summed E-state index contributed by atoms with van der Waals surface area (Å²) in [5.41, 5.74) is 4.24. The van der Waals surface area contributed by atoms with E-state index in [-0.39, 0.29) is 21.7 Å². The van der Waals surface area contributed by atoms with Gasteiger partial charge in [0, 0.05) is 48.2 Å². The zero-order valence-corrected chi connectivity index (χ0v) is 23.8. The van der Waals surface area contributed by atoms with Crippen molar-refractivity contribution in [3.63, 3.8) is 0 Å². The average molecular weight is 604 g/mol. The number of piperazine rings is 1. The highest BCUT2D eigenvalue weighted by atomic mass is 35.5. The molecule has 0 aliphatic carbocycles. The molecule has 2 aromatic carbocycles. The molecule has 2 saturated heterocycles. The number of thioether (sulfide) groups is 1. The topological polar surface area (TPSA) is 55.9 Å². The summed E-state index contributed by atoms with van der Waals surface area (Å²) < 4.78 is 0.271. The van der Waals surface area contributed by atoms with Gasteiger partial charge in [0.2, 0.25) is 0 Å². The highest BCUT2D eigenvalue weighted by Crippen LogP contribution is 2.39. The summed E-state index contributed by atoms with van der Waals surface area (Å²) in [7, 11) is 2.04. The molecule has 0 radical (unpaired) electrons. The molecule has 36 heavy (non-hydrogen) atoms. The summed E-state index contributed by atoms with van der Waals surface area (Å²) in [6.07, 6.45) is 1.82. The Balaban J connectivity index is 1.63. The zero-order valence-electron chi connectivity index (χ0n) is 19.1. The fraction of sp³-hybridized carbons (Fsp3) is 0.292. The van der Waals surface area contributed by atoms with E-state index in [1.807, 2.05) is 24.2 Å². The Morgan fingerprint density at radius 2 is 1.69 bits per heavy atom. The smallest absolute Gasteiger partial charge is 0.266 e. The van der Waals surface area contributed by atoms with Gasteiger partial charge in [-0.3, -0.25) is 19.9 Å². The summed E-state index contributed by atoms with van der Waals surface area (Å²) in [6, 6.07) is 9.48. The van der Waals surface area contributed by atoms with Crippen LogP contribution in [0.4, 0.5) is 0 Å². The fourth-order valence-electron chi connectivity index (χ4n) is 3.85. The Hall–Kier alpha value is -1.36. The van der Waals surface area contributed by atoms with Gasteiger partial charge < -0.3 is 4.90 Å². The molecule has 2 aliphatic heterocycles. The lowest BCUT2D eigenvalue weighted by atomic mass is 10.0. The molecular formula is C24H22Cl4N4O2S2. The number of thiocarbonyl (C=S) groups is 1. The molecule has 0 aromatic heterocycles. The van der Waals surface area contributed by atoms with Gasteiger partial charge in [0.15, 0.2) is 0 Å². The molecular weight excluding hydrogens is 582 g/mol. The summed E-state index contributed by atoms with van der Waals surface area (Å²) in [5.74, 6) is -0.713. The first kappa shape index (κ1) is 27.7. The number of nitrogens with zero attached hydrogens (tertiary/aromatic N) is 3. The second-order valence-electron chi connectivity index (χ2n) is 8.42. The number of rotatable bonds is 6. The third-order valence-electron chi connectivity index (χ3n) is 5.91. The molecule has 12 heteroatoms. The predicted molar refractivity (Wildman–Crippen MR) is 153 cm³/mol. The SMILES string of the molecule is CN1CCN(NC(=O)C(Cc2ccc(Cl)cc2)N2C(=O)C(=Cc3c(Cl)ccc(Cl)c3Cl)SC2=S)CC1. The quantitative estimate of drug-likeness (QED) is 0.271. The molecule has 2 amide bonds. The Morgan fingerprint density at radius 3 is 2.36 bits per heavy atom. The second-order valence-corrected chi connectivity index (χ2v) is 11.7. The van der Waals surface area contributed by atoms with Gasteiger partial charge in [-0.05, 0) is 43.0 Å². The lowest BCUT2D eigenvalue weighted by Gasteiger charge is -2.34. The molecule has 190 valence electrons. The van der Waals surface area contributed by atoms with E-state index in [1.54, 1.807) is 30.3 Å². The third-order valence-corrected chi connectivity index (χ3v) is 8.64. The first-order chi connectivity index (χ1) is 17.1. The molecule has 2 fully saturated rings. The van der Waals surface area contributed by atoms with Crippen LogP contribution < -0.4 is 5.43 Å². The van der Waals surface area contributed by atoms with Crippen LogP contribution in [-0.4, -0.2) is 70.2 Å². The van der Waals surface area contributed by atoms with Gasteiger partial charge in [0.1, 0.15) is 10.4 Å². The monoisotopic (exact) mass is 602 g/mol. The molecule has 0 saturated carbocycles. The zero-order chi connectivity index (χ0) is 26.0. The Labute approximate surface area is 239 Å². The number of carbonyl (C=O) groups is 2. The van der Waals surface area contributed by atoms with E-state index in [2.05, 4.69) is 10.3 Å². The molecule has 0 bridgehead atoms. The molecule has 2 aliphatic rings. The molecule has 1 unspecified atom stereocenters. The van der Waals surface area contributed by atoms with E-state index < -0.39 is 11.9 Å². The van der Waals surface area contributed by atoms with E-state index in [0.29, 0.717) is 38.6 Å². The molecule has 0 spiro atoms. The van der Waals surface area contributed by atoms with Crippen molar-refractivity contribution in [2.75, 3.05) is 33.2 Å². The highest BCUT2D eigenvalue weighted by molar-refractivity contribution is 8.26. The van der Waals surface area contributed by atoms with Gasteiger partial charge in [-0.1, -0.05) is 82.5 Å². The average Bonchev–Trinajstić information content (AvgIpc) is 3.12. The molecule has 1 atom stereocenters. The molecule has 2 heterocycles. The van der Waals surface area contributed by atoms with Crippen LogP contribution in [0.3, 0.4) is 0 Å². The van der Waals surface area contributed by atoms with Crippen LogP contribution in [0.25, 0.3) is 6.08 Å². The lowest BCUT2D eigenvalue weighted by Crippen LogP contribution is -2.58. The van der Waals surface area contributed by atoms with Crippen LogP contribution in [-0.2, 0) is 16.0 Å². The first-order valence-corrected chi connectivity index (χ1v) is 13.8. The standard InChI is InChI=1S/C24H22Cl4N4O2S2/c1-30-8-10-31(11-9-30)29-22(33)19(12-14-2-4-15(25)5-3-14)32-23(34)20(36-24(32)35)13-16-17(26)6-7-18(27)21(16)28/h2-7,13,19H,8-12H2,1H3,(H,29,33). The van der Waals surface area contributed by atoms with Gasteiger partial charge in [0.05, 0.1) is 15.0 Å². The Kier molecular flexibility index (Phi) is 9.23. The van der Waals surface area contributed by atoms with Gasteiger partial charge >= 0.3 is 0 Å². The number of halogens is 4. The molecule has 6 nitrogen and oxygen atoms in total. The highest BCUT2D eigenvalue weighted by Gasteiger charge is 2.41. The van der Waals surface area contributed by atoms with Gasteiger partial charge in [-0.15, -0.1) is 0 Å². The van der Waals surface area contributed by atoms with E-state index in [9.17, 15) is 9.59 Å². The maximum Gasteiger partial charge on any atom is 0.266 e. The Bertz CT molecular complexity index is 1220. The van der Waals surface area contributed by atoms with Crippen molar-refractivity contribution in [1.29, 1.82) is 0 Å². The third kappa shape index (κ3) is 6.37. The number of carbonyl (C=O) groups excluding carboxylic acids is 2. The lowest BCUT2D eigenvalue weighted by molar-refractivity contribution is -0.136. The van der Waals surface area contributed by atoms with E-state index >= 15 is 0 Å². The van der Waals surface area contributed by atoms with Crippen molar-refractivity contribution in [3.05, 3.63) is 72.5 Å². The number of hydrazine groups is 1. The minimum Gasteiger partial charge on any atom is -0.304 e. The van der Waals surface area contributed by atoms with Crippen LogP contribution in [0.5, 0.6) is 0 Å². The Morgan fingerprint density at radius 1 is 1.06 bits per heavy atom. The summed E-state index contributed by atoms with van der Waals surface area (Å²) >= 11 is 31.5. The van der Waals surface area contributed by atoms with E-state index in [0.717, 1.165) is 30.4 Å². The van der Waals surface area contributed by atoms with Crippen molar-refractivity contribution >= 4 is 92.6 Å². The maximum absolute atomic E-state index is 13.6. The maximum atomic E-state index is 13.6. The fourth-order valence-corrected chi connectivity index (χ4v) is 5.96. The van der Waals surface area contributed by atoms with Crippen LogP contribution in [0.15, 0.2) is 41.3 Å². The first-order valence-electron chi connectivity index (χ1n) is 11.0. The van der Waals surface area contributed by atoms with Crippen molar-refractivity contribution in [2.45, 2.75) is 12.5 Å². The minimum absolute atomic E-state index is 0.236. The van der Waals surface area contributed by atoms with E-state index in [1.165, 1.54) is 4.90 Å². The molecule has 2 aromatic rings. The molecule has 1 N–H and O–H groups in total. The van der Waals surface area contributed by atoms with Crippen LogP contribution >= 0.6 is 70.4 Å². The van der Waals surface area contributed by atoms with Crippen molar-refractivity contribution < 1.29 is 9.59 Å². The number of likely N-dealkylation sites (N-methyl/N-ethyl adjacent to an activating group) is 1. The van der Waals surface area contributed by atoms with E-state index in [4.69, 9.17) is 58.6 Å². The van der Waals surface area contributed by atoms with Crippen molar-refractivity contribution in [1.82, 2.24) is 20.2 Å². The van der Waals surface area contributed by atoms with Gasteiger partial charge in [-0.25, -0.2) is 5.01 Å². The van der Waals surface area contributed by atoms with Crippen molar-refractivity contribution in [3.8, 4) is 0 Å². The largest absolute Gasteiger partial charge is 0.304 e. The van der Waals surface area contributed by atoms with Gasteiger partial charge in [-0.2, -0.15) is 0 Å². The summed E-state index contributed by atoms with van der Waals surface area (Å²) in [6.45, 7) is 3.01. The molecule has 4 rings (SSSR count). The van der Waals surface area contributed by atoms with Crippen molar-refractivity contribution in [2.24, 2.45) is 0 Å². The number of nitrogens with one attached hydrogen (secondary N) is 1. The summed E-state index contributed by atoms with van der Waals surface area (Å²) in [5, 5.41) is 3.35. The number of hydrogen-bond acceptors (Lipinski definition) is 6. The van der Waals surface area contributed by atoms with Crippen LogP contribution in [0.2, 0.25) is 20.1 Å². The number of hydrogen-bond donors (Lipinski definition) is 1. The normalized spacial score (nSPS) is 19.2. The van der Waals surface area contributed by atoms with Crippen LogP contribution in [0.1, 0.15) is 11.1 Å². The van der Waals surface area contributed by atoms with Crippen LogP contribution in [0, 0.1) is 0 Å². The number of amides is 2. The summed E-state index contributed by atoms with van der Waals surface area (Å²) in [4.78, 5) is 30.9. The minimum atomic E-state index is -0.866. The number of benzene rings is 2. The predicted octanol–water partition coefficient (Wildman–Crippen LogP) is 5.39.